The van der Waals surface area contributed by atoms with E-state index in [0.717, 1.165) is 6.42 Å². The number of halogens is 1. The van der Waals surface area contributed by atoms with E-state index in [4.69, 9.17) is 11.6 Å². The second-order valence-electron chi connectivity index (χ2n) is 5.58. The lowest BCUT2D eigenvalue weighted by Gasteiger charge is -2.10. The molecule has 1 amide bonds. The molecule has 6 nitrogen and oxygen atoms in total. The molecule has 0 saturated heterocycles. The third-order valence-electron chi connectivity index (χ3n) is 3.60. The summed E-state index contributed by atoms with van der Waals surface area (Å²) < 4.78 is 0. The molecule has 0 aromatic heterocycles. The molecule has 1 aliphatic rings. The molecule has 1 saturated carbocycles. The van der Waals surface area contributed by atoms with Gasteiger partial charge in [-0.3, -0.25) is 14.9 Å². The van der Waals surface area contributed by atoms with Crippen molar-refractivity contribution < 1.29 is 9.72 Å². The summed E-state index contributed by atoms with van der Waals surface area (Å²) in [5.74, 6) is -0.340. The zero-order valence-corrected chi connectivity index (χ0v) is 12.2. The molecule has 0 bridgehead atoms. The lowest BCUT2D eigenvalue weighted by atomic mass is 10.1. The van der Waals surface area contributed by atoms with Gasteiger partial charge in [-0.1, -0.05) is 25.4 Å². The van der Waals surface area contributed by atoms with Crippen LogP contribution in [0.25, 0.3) is 0 Å². The first kappa shape index (κ1) is 14.6. The predicted molar refractivity (Wildman–Crippen MR) is 77.3 cm³/mol. The van der Waals surface area contributed by atoms with Crippen LogP contribution in [0, 0.1) is 15.5 Å². The lowest BCUT2D eigenvalue weighted by molar-refractivity contribution is -0.383. The average molecular weight is 298 g/mol. The van der Waals surface area contributed by atoms with Gasteiger partial charge >= 0.3 is 0 Å². The molecular formula is C13H16ClN3O3. The van der Waals surface area contributed by atoms with Crippen LogP contribution >= 0.6 is 11.6 Å². The van der Waals surface area contributed by atoms with Crippen LogP contribution < -0.4 is 10.6 Å². The van der Waals surface area contributed by atoms with Gasteiger partial charge in [-0.2, -0.15) is 0 Å². The fraction of sp³-hybridized carbons (Fsp3) is 0.462. The molecule has 7 heteroatoms. The van der Waals surface area contributed by atoms with Gasteiger partial charge in [0, 0.05) is 24.7 Å². The Morgan fingerprint density at radius 2 is 2.10 bits per heavy atom. The van der Waals surface area contributed by atoms with E-state index < -0.39 is 4.92 Å². The average Bonchev–Trinajstić information content (AvgIpc) is 2.95. The minimum atomic E-state index is -0.560. The van der Waals surface area contributed by atoms with E-state index in [1.165, 1.54) is 12.1 Å². The van der Waals surface area contributed by atoms with E-state index in [9.17, 15) is 14.9 Å². The number of nitrogens with one attached hydrogen (secondary N) is 2. The number of nitro groups is 1. The topological polar surface area (TPSA) is 84.3 Å². The molecule has 20 heavy (non-hydrogen) atoms. The van der Waals surface area contributed by atoms with Crippen LogP contribution in [0.3, 0.4) is 0 Å². The molecule has 1 fully saturated rings. The van der Waals surface area contributed by atoms with Crippen LogP contribution in [-0.2, 0) is 0 Å². The molecule has 1 atom stereocenters. The zero-order chi connectivity index (χ0) is 15.1. The third-order valence-corrected chi connectivity index (χ3v) is 3.90. The molecule has 0 aliphatic heterocycles. The molecule has 1 aromatic rings. The van der Waals surface area contributed by atoms with Gasteiger partial charge in [0.05, 0.1) is 9.95 Å². The van der Waals surface area contributed by atoms with Crippen molar-refractivity contribution in [1.82, 2.24) is 5.32 Å². The van der Waals surface area contributed by atoms with Crippen molar-refractivity contribution in [1.29, 1.82) is 0 Å². The van der Waals surface area contributed by atoms with Crippen LogP contribution in [0.15, 0.2) is 12.1 Å². The first-order chi connectivity index (χ1) is 9.26. The van der Waals surface area contributed by atoms with Gasteiger partial charge in [0.25, 0.3) is 11.6 Å². The van der Waals surface area contributed by atoms with E-state index in [0.29, 0.717) is 0 Å². The Labute approximate surface area is 121 Å². The van der Waals surface area contributed by atoms with Crippen LogP contribution in [0.1, 0.15) is 30.6 Å². The van der Waals surface area contributed by atoms with Crippen molar-refractivity contribution in [2.24, 2.45) is 5.41 Å². The summed E-state index contributed by atoms with van der Waals surface area (Å²) in [6.07, 6.45) is 0.906. The third kappa shape index (κ3) is 2.70. The number of benzene rings is 1. The first-order valence-electron chi connectivity index (χ1n) is 6.23. The van der Waals surface area contributed by atoms with Crippen LogP contribution in [-0.4, -0.2) is 23.9 Å². The standard InChI is InChI=1S/C13H16ClN3O3/c1-13(2)6-10(13)16-12(18)7-4-8(14)11(15-3)9(5-7)17(19)20/h4-5,10,15H,6H2,1-3H3,(H,16,18). The minimum Gasteiger partial charge on any atom is -0.381 e. The monoisotopic (exact) mass is 297 g/mol. The van der Waals surface area contributed by atoms with Crippen LogP contribution in [0.5, 0.6) is 0 Å². The molecule has 1 aromatic carbocycles. The van der Waals surface area contributed by atoms with Gasteiger partial charge < -0.3 is 10.6 Å². The van der Waals surface area contributed by atoms with E-state index in [1.807, 2.05) is 0 Å². The highest BCUT2D eigenvalue weighted by molar-refractivity contribution is 6.34. The number of hydrogen-bond acceptors (Lipinski definition) is 4. The van der Waals surface area contributed by atoms with E-state index in [2.05, 4.69) is 24.5 Å². The number of rotatable bonds is 4. The Morgan fingerprint density at radius 3 is 2.55 bits per heavy atom. The first-order valence-corrected chi connectivity index (χ1v) is 6.60. The number of hydrogen-bond donors (Lipinski definition) is 2. The SMILES string of the molecule is CNc1c(Cl)cc(C(=O)NC2CC2(C)C)cc1[N+](=O)[O-]. The lowest BCUT2D eigenvalue weighted by Crippen LogP contribution is -2.28. The summed E-state index contributed by atoms with van der Waals surface area (Å²) >= 11 is 5.98. The minimum absolute atomic E-state index is 0.0936. The van der Waals surface area contributed by atoms with Gasteiger partial charge in [-0.25, -0.2) is 0 Å². The van der Waals surface area contributed by atoms with Crippen molar-refractivity contribution in [3.63, 3.8) is 0 Å². The second-order valence-corrected chi connectivity index (χ2v) is 5.99. The molecule has 0 heterocycles. The summed E-state index contributed by atoms with van der Waals surface area (Å²) in [7, 11) is 1.54. The maximum atomic E-state index is 12.1. The van der Waals surface area contributed by atoms with Crippen molar-refractivity contribution >= 4 is 28.9 Å². The van der Waals surface area contributed by atoms with Crippen LogP contribution in [0.2, 0.25) is 5.02 Å². The molecule has 2 N–H and O–H groups in total. The molecule has 2 rings (SSSR count). The maximum absolute atomic E-state index is 12.1. The number of carbonyl (C=O) groups excluding carboxylic acids is 1. The summed E-state index contributed by atoms with van der Waals surface area (Å²) in [6.45, 7) is 4.11. The van der Waals surface area contributed by atoms with E-state index in [1.54, 1.807) is 7.05 Å². The summed E-state index contributed by atoms with van der Waals surface area (Å²) in [6, 6.07) is 2.78. The number of amides is 1. The second kappa shape index (κ2) is 4.94. The van der Waals surface area contributed by atoms with E-state index >= 15 is 0 Å². The highest BCUT2D eigenvalue weighted by atomic mass is 35.5. The van der Waals surface area contributed by atoms with E-state index in [-0.39, 0.29) is 39.3 Å². The fourth-order valence-corrected chi connectivity index (χ4v) is 2.38. The molecule has 0 radical (unpaired) electrons. The van der Waals surface area contributed by atoms with Crippen molar-refractivity contribution in [3.8, 4) is 0 Å². The smallest absolute Gasteiger partial charge is 0.294 e. The number of nitrogens with zero attached hydrogens (tertiary/aromatic N) is 1. The van der Waals surface area contributed by atoms with Crippen molar-refractivity contribution in [2.75, 3.05) is 12.4 Å². The van der Waals surface area contributed by atoms with Gasteiger partial charge in [0.1, 0.15) is 5.69 Å². The number of carbonyl (C=O) groups is 1. The normalized spacial score (nSPS) is 19.3. The quantitative estimate of drug-likeness (QED) is 0.661. The van der Waals surface area contributed by atoms with Crippen LogP contribution in [0.4, 0.5) is 11.4 Å². The summed E-state index contributed by atoms with van der Waals surface area (Å²) in [5.41, 5.74) is 0.291. The highest BCUT2D eigenvalue weighted by Gasteiger charge is 2.46. The fourth-order valence-electron chi connectivity index (χ4n) is 2.07. The Kier molecular flexibility index (Phi) is 3.60. The highest BCUT2D eigenvalue weighted by Crippen LogP contribution is 2.44. The molecule has 108 valence electrons. The Morgan fingerprint density at radius 1 is 1.50 bits per heavy atom. The molecular weight excluding hydrogens is 282 g/mol. The Bertz CT molecular complexity index is 586. The zero-order valence-electron chi connectivity index (χ0n) is 11.5. The summed E-state index contributed by atoms with van der Waals surface area (Å²) in [4.78, 5) is 22.6. The van der Waals surface area contributed by atoms with Crippen molar-refractivity contribution in [2.45, 2.75) is 26.3 Å². The van der Waals surface area contributed by atoms with Gasteiger partial charge in [0.15, 0.2) is 0 Å². The maximum Gasteiger partial charge on any atom is 0.294 e. The molecule has 0 spiro atoms. The largest absolute Gasteiger partial charge is 0.381 e. The number of nitro benzene ring substituents is 1. The van der Waals surface area contributed by atoms with Gasteiger partial charge in [-0.05, 0) is 17.9 Å². The molecule has 1 aliphatic carbocycles. The Balaban J connectivity index is 2.28. The number of anilines is 1. The Hall–Kier alpha value is -1.82. The van der Waals surface area contributed by atoms with Gasteiger partial charge in [-0.15, -0.1) is 0 Å². The van der Waals surface area contributed by atoms with Crippen molar-refractivity contribution in [3.05, 3.63) is 32.8 Å². The van der Waals surface area contributed by atoms with Gasteiger partial charge in [0.2, 0.25) is 0 Å². The summed E-state index contributed by atoms with van der Waals surface area (Å²) in [5, 5.41) is 16.7. The molecule has 1 unspecified atom stereocenters. The predicted octanol–water partition coefficient (Wildman–Crippen LogP) is 2.82.